The van der Waals surface area contributed by atoms with E-state index in [0.717, 1.165) is 28.4 Å². The summed E-state index contributed by atoms with van der Waals surface area (Å²) in [4.78, 5) is 8.67. The first-order chi connectivity index (χ1) is 7.66. The summed E-state index contributed by atoms with van der Waals surface area (Å²) in [5, 5.41) is 3.16. The summed E-state index contributed by atoms with van der Waals surface area (Å²) >= 11 is 1.66. The molecule has 0 aromatic carbocycles. The maximum atomic E-state index is 6.16. The average molecular weight is 233 g/mol. The van der Waals surface area contributed by atoms with Gasteiger partial charge in [0.05, 0.1) is 10.7 Å². The average Bonchev–Trinajstić information content (AvgIpc) is 2.64. The van der Waals surface area contributed by atoms with E-state index in [1.807, 2.05) is 26.0 Å². The van der Waals surface area contributed by atoms with E-state index in [1.54, 1.807) is 17.5 Å². The van der Waals surface area contributed by atoms with Gasteiger partial charge >= 0.3 is 0 Å². The first-order valence-corrected chi connectivity index (χ1v) is 6.13. The van der Waals surface area contributed by atoms with Crippen LogP contribution < -0.4 is 5.73 Å². The third kappa shape index (κ3) is 2.46. The van der Waals surface area contributed by atoms with E-state index in [0.29, 0.717) is 0 Å². The molecule has 0 radical (unpaired) electrons. The maximum absolute atomic E-state index is 6.16. The van der Waals surface area contributed by atoms with Crippen molar-refractivity contribution in [3.63, 3.8) is 0 Å². The molecule has 0 aliphatic heterocycles. The van der Waals surface area contributed by atoms with Gasteiger partial charge in [0, 0.05) is 29.7 Å². The van der Waals surface area contributed by atoms with Crippen molar-refractivity contribution in [3.8, 4) is 0 Å². The molecule has 4 heteroatoms. The Labute approximate surface area is 99.4 Å². The molecule has 0 amide bonds. The molecule has 2 aromatic heterocycles. The normalized spacial score (nSPS) is 12.7. The molecule has 0 aliphatic rings. The molecular formula is C12H15N3S. The van der Waals surface area contributed by atoms with Gasteiger partial charge in [-0.15, -0.1) is 11.3 Å². The molecule has 0 fully saturated rings. The van der Waals surface area contributed by atoms with Gasteiger partial charge in [-0.2, -0.15) is 0 Å². The minimum atomic E-state index is -0.0183. The zero-order valence-electron chi connectivity index (χ0n) is 9.47. The molecule has 84 valence electrons. The highest BCUT2D eigenvalue weighted by Crippen LogP contribution is 2.19. The topological polar surface area (TPSA) is 51.8 Å². The molecule has 2 rings (SSSR count). The predicted octanol–water partition coefficient (Wildman–Crippen LogP) is 2.40. The molecule has 0 bridgehead atoms. The van der Waals surface area contributed by atoms with Crippen molar-refractivity contribution in [1.29, 1.82) is 0 Å². The van der Waals surface area contributed by atoms with Gasteiger partial charge in [0.15, 0.2) is 0 Å². The van der Waals surface area contributed by atoms with Crippen molar-refractivity contribution in [1.82, 2.24) is 9.97 Å². The zero-order chi connectivity index (χ0) is 11.5. The predicted molar refractivity (Wildman–Crippen MR) is 66.5 cm³/mol. The number of thiazole rings is 1. The molecule has 2 aromatic rings. The van der Waals surface area contributed by atoms with Gasteiger partial charge in [0.1, 0.15) is 0 Å². The number of hydrogen-bond acceptors (Lipinski definition) is 4. The molecule has 2 N–H and O–H groups in total. The fourth-order valence-corrected chi connectivity index (χ4v) is 2.35. The first kappa shape index (κ1) is 11.2. The number of rotatable bonds is 3. The summed E-state index contributed by atoms with van der Waals surface area (Å²) in [5.74, 6) is 0. The molecule has 3 nitrogen and oxygen atoms in total. The van der Waals surface area contributed by atoms with Crippen molar-refractivity contribution in [3.05, 3.63) is 45.7 Å². The first-order valence-electron chi connectivity index (χ1n) is 5.25. The second-order valence-electron chi connectivity index (χ2n) is 3.85. The molecule has 0 saturated carbocycles. The number of pyridine rings is 1. The largest absolute Gasteiger partial charge is 0.324 e. The summed E-state index contributed by atoms with van der Waals surface area (Å²) in [6.45, 7) is 4.00. The van der Waals surface area contributed by atoms with Gasteiger partial charge in [-0.05, 0) is 25.5 Å². The van der Waals surface area contributed by atoms with E-state index < -0.39 is 0 Å². The number of hydrogen-bond donors (Lipinski definition) is 1. The highest BCUT2D eigenvalue weighted by Gasteiger charge is 2.11. The molecule has 0 aliphatic carbocycles. The SMILES string of the molecule is Cc1nc(CC(N)c2cccnc2C)cs1. The lowest BCUT2D eigenvalue weighted by Gasteiger charge is -2.12. The number of aromatic nitrogens is 2. The third-order valence-corrected chi connectivity index (χ3v) is 3.37. The van der Waals surface area contributed by atoms with Crippen LogP contribution in [0.15, 0.2) is 23.7 Å². The minimum Gasteiger partial charge on any atom is -0.324 e. The van der Waals surface area contributed by atoms with Crippen LogP contribution in [0, 0.1) is 13.8 Å². The Morgan fingerprint density at radius 1 is 1.44 bits per heavy atom. The number of nitrogens with zero attached hydrogens (tertiary/aromatic N) is 2. The highest BCUT2D eigenvalue weighted by atomic mass is 32.1. The second kappa shape index (κ2) is 4.72. The van der Waals surface area contributed by atoms with Crippen LogP contribution in [0.3, 0.4) is 0 Å². The fourth-order valence-electron chi connectivity index (χ4n) is 1.73. The van der Waals surface area contributed by atoms with Crippen LogP contribution in [0.2, 0.25) is 0 Å². The Balaban J connectivity index is 2.14. The smallest absolute Gasteiger partial charge is 0.0897 e. The van der Waals surface area contributed by atoms with Crippen LogP contribution in [0.1, 0.15) is 28.0 Å². The lowest BCUT2D eigenvalue weighted by atomic mass is 10.0. The molecule has 16 heavy (non-hydrogen) atoms. The van der Waals surface area contributed by atoms with E-state index >= 15 is 0 Å². The van der Waals surface area contributed by atoms with Gasteiger partial charge in [0.25, 0.3) is 0 Å². The fraction of sp³-hybridized carbons (Fsp3) is 0.333. The van der Waals surface area contributed by atoms with E-state index in [-0.39, 0.29) is 6.04 Å². The van der Waals surface area contributed by atoms with E-state index in [9.17, 15) is 0 Å². The Hall–Kier alpha value is -1.26. The molecule has 1 unspecified atom stereocenters. The van der Waals surface area contributed by atoms with Crippen LogP contribution in [-0.4, -0.2) is 9.97 Å². The summed E-state index contributed by atoms with van der Waals surface area (Å²) in [6, 6.07) is 3.94. The standard InChI is InChI=1S/C12H15N3S/c1-8-11(4-3-5-14-8)12(13)6-10-7-16-9(2)15-10/h3-5,7,12H,6,13H2,1-2H3. The summed E-state index contributed by atoms with van der Waals surface area (Å²) in [7, 11) is 0. The Morgan fingerprint density at radius 3 is 2.88 bits per heavy atom. The molecule has 1 atom stereocenters. The van der Waals surface area contributed by atoms with E-state index in [2.05, 4.69) is 15.3 Å². The number of nitrogens with two attached hydrogens (primary N) is 1. The van der Waals surface area contributed by atoms with E-state index in [4.69, 9.17) is 5.73 Å². The minimum absolute atomic E-state index is 0.0183. The Kier molecular flexibility index (Phi) is 3.31. The molecule has 0 spiro atoms. The third-order valence-electron chi connectivity index (χ3n) is 2.54. The van der Waals surface area contributed by atoms with E-state index in [1.165, 1.54) is 0 Å². The molecule has 2 heterocycles. The van der Waals surface area contributed by atoms with Gasteiger partial charge in [0.2, 0.25) is 0 Å². The lowest BCUT2D eigenvalue weighted by Crippen LogP contribution is -2.15. The van der Waals surface area contributed by atoms with Gasteiger partial charge in [-0.25, -0.2) is 4.98 Å². The summed E-state index contributed by atoms with van der Waals surface area (Å²) in [6.07, 6.45) is 2.56. The van der Waals surface area contributed by atoms with Crippen molar-refractivity contribution in [2.75, 3.05) is 0 Å². The van der Waals surface area contributed by atoms with Crippen molar-refractivity contribution in [2.24, 2.45) is 5.73 Å². The van der Waals surface area contributed by atoms with Crippen LogP contribution in [0.5, 0.6) is 0 Å². The van der Waals surface area contributed by atoms with Crippen LogP contribution >= 0.6 is 11.3 Å². The summed E-state index contributed by atoms with van der Waals surface area (Å²) < 4.78 is 0. The van der Waals surface area contributed by atoms with Crippen LogP contribution in [0.25, 0.3) is 0 Å². The summed E-state index contributed by atoms with van der Waals surface area (Å²) in [5.41, 5.74) is 9.34. The van der Waals surface area contributed by atoms with Gasteiger partial charge in [-0.3, -0.25) is 4.98 Å². The lowest BCUT2D eigenvalue weighted by molar-refractivity contribution is 0.699. The van der Waals surface area contributed by atoms with Crippen molar-refractivity contribution < 1.29 is 0 Å². The molecular weight excluding hydrogens is 218 g/mol. The quantitative estimate of drug-likeness (QED) is 0.885. The maximum Gasteiger partial charge on any atom is 0.0897 e. The molecule has 0 saturated heterocycles. The van der Waals surface area contributed by atoms with Crippen LogP contribution in [0.4, 0.5) is 0 Å². The van der Waals surface area contributed by atoms with Gasteiger partial charge < -0.3 is 5.73 Å². The zero-order valence-corrected chi connectivity index (χ0v) is 10.3. The van der Waals surface area contributed by atoms with Gasteiger partial charge in [-0.1, -0.05) is 6.07 Å². The highest BCUT2D eigenvalue weighted by molar-refractivity contribution is 7.09. The second-order valence-corrected chi connectivity index (χ2v) is 4.91. The Bertz CT molecular complexity index is 479. The number of aryl methyl sites for hydroxylation is 2. The van der Waals surface area contributed by atoms with Crippen molar-refractivity contribution >= 4 is 11.3 Å². The van der Waals surface area contributed by atoms with Crippen molar-refractivity contribution in [2.45, 2.75) is 26.3 Å². The Morgan fingerprint density at radius 2 is 2.25 bits per heavy atom. The monoisotopic (exact) mass is 233 g/mol. The van der Waals surface area contributed by atoms with Crippen LogP contribution in [-0.2, 0) is 6.42 Å².